The van der Waals surface area contributed by atoms with Crippen molar-refractivity contribution in [2.75, 3.05) is 0 Å². The molecule has 2 nitrogen and oxygen atoms in total. The lowest BCUT2D eigenvalue weighted by molar-refractivity contribution is 0.959. The Labute approximate surface area is 293 Å². The average molecular weight is 643 g/mol. The lowest BCUT2D eigenvalue weighted by atomic mass is 9.83. The second-order valence-electron chi connectivity index (χ2n) is 12.6. The summed E-state index contributed by atoms with van der Waals surface area (Å²) in [5.41, 5.74) is 10.6. The summed E-state index contributed by atoms with van der Waals surface area (Å²) in [6.07, 6.45) is 4.00. The summed E-state index contributed by atoms with van der Waals surface area (Å²) in [4.78, 5) is 5.09. The van der Waals surface area contributed by atoms with Gasteiger partial charge in [0, 0.05) is 12.6 Å². The predicted molar refractivity (Wildman–Crippen MR) is 215 cm³/mol. The SMILES string of the molecule is C/C=C\C.Cn1c(-c2ccccc2)nc2cc(-c3cccc4c3ccc3c(-c5ccccc5)c5ccccc5c(-c5ccccc5)c34)ccc21. The van der Waals surface area contributed by atoms with Gasteiger partial charge < -0.3 is 4.57 Å². The molecule has 9 aromatic rings. The summed E-state index contributed by atoms with van der Waals surface area (Å²) < 4.78 is 2.19. The molecule has 0 saturated carbocycles. The number of aromatic nitrogens is 2. The van der Waals surface area contributed by atoms with Gasteiger partial charge in [-0.15, -0.1) is 0 Å². The van der Waals surface area contributed by atoms with E-state index in [2.05, 4.69) is 169 Å². The zero-order valence-corrected chi connectivity index (χ0v) is 28.6. The van der Waals surface area contributed by atoms with Gasteiger partial charge in [0.2, 0.25) is 0 Å². The van der Waals surface area contributed by atoms with Crippen LogP contribution in [0.25, 0.3) is 88.1 Å². The number of rotatable bonds is 4. The van der Waals surface area contributed by atoms with E-state index in [-0.39, 0.29) is 0 Å². The molecular formula is C48H38N2. The normalized spacial score (nSPS) is 11.4. The van der Waals surface area contributed by atoms with Crippen LogP contribution in [0.2, 0.25) is 0 Å². The van der Waals surface area contributed by atoms with Crippen molar-refractivity contribution in [3.05, 3.63) is 176 Å². The predicted octanol–water partition coefficient (Wildman–Crippen LogP) is 13.3. The Kier molecular flexibility index (Phi) is 8.28. The maximum absolute atomic E-state index is 5.09. The minimum atomic E-state index is 0.976. The molecule has 0 spiro atoms. The highest BCUT2D eigenvalue weighted by atomic mass is 15.1. The summed E-state index contributed by atoms with van der Waals surface area (Å²) in [6.45, 7) is 4.00. The number of nitrogens with zero attached hydrogens (tertiary/aromatic N) is 2. The molecule has 9 rings (SSSR count). The minimum Gasteiger partial charge on any atom is -0.327 e. The monoisotopic (exact) mass is 642 g/mol. The number of allylic oxidation sites excluding steroid dienone is 2. The Morgan fingerprint density at radius 3 is 1.62 bits per heavy atom. The standard InChI is InChI=1S/C44H30N2.C4H8/c1-46-40-27-24-32(28-39(40)45-44(46)31-18-9-4-10-19-31)33-22-13-23-35-34(33)25-26-38-41(29-14-5-2-6-15-29)36-20-11-12-21-37(36)42(43(35)38)30-16-7-3-8-17-30;1-3-4-2/h2-28H,1H3;3-4H,1-2H3/b;4-3-. The maximum atomic E-state index is 5.09. The first-order chi connectivity index (χ1) is 24.7. The van der Waals surface area contributed by atoms with Crippen LogP contribution in [-0.2, 0) is 7.05 Å². The summed E-state index contributed by atoms with van der Waals surface area (Å²) in [5.74, 6) is 0.976. The number of fused-ring (bicyclic) bond motifs is 5. The third-order valence-corrected chi connectivity index (χ3v) is 9.73. The number of imidazole rings is 1. The highest BCUT2D eigenvalue weighted by molar-refractivity contribution is 6.28. The molecule has 0 aliphatic heterocycles. The zero-order valence-electron chi connectivity index (χ0n) is 28.6. The van der Waals surface area contributed by atoms with E-state index >= 15 is 0 Å². The van der Waals surface area contributed by atoms with E-state index in [9.17, 15) is 0 Å². The molecule has 0 N–H and O–H groups in total. The Morgan fingerprint density at radius 2 is 0.980 bits per heavy atom. The largest absolute Gasteiger partial charge is 0.327 e. The van der Waals surface area contributed by atoms with Gasteiger partial charge in [0.25, 0.3) is 0 Å². The van der Waals surface area contributed by atoms with Gasteiger partial charge in [0.1, 0.15) is 5.82 Å². The van der Waals surface area contributed by atoms with E-state index in [4.69, 9.17) is 4.98 Å². The molecule has 1 aromatic heterocycles. The minimum absolute atomic E-state index is 0.976. The first-order valence-electron chi connectivity index (χ1n) is 17.3. The Bertz CT molecular complexity index is 2640. The maximum Gasteiger partial charge on any atom is 0.140 e. The molecule has 0 unspecified atom stereocenters. The molecule has 50 heavy (non-hydrogen) atoms. The molecule has 0 aliphatic carbocycles. The van der Waals surface area contributed by atoms with E-state index in [0.29, 0.717) is 0 Å². The van der Waals surface area contributed by atoms with Crippen LogP contribution in [0.1, 0.15) is 13.8 Å². The third-order valence-electron chi connectivity index (χ3n) is 9.73. The van der Waals surface area contributed by atoms with Gasteiger partial charge in [0.15, 0.2) is 0 Å². The van der Waals surface area contributed by atoms with Gasteiger partial charge in [-0.2, -0.15) is 0 Å². The van der Waals surface area contributed by atoms with Crippen molar-refractivity contribution < 1.29 is 0 Å². The topological polar surface area (TPSA) is 17.8 Å². The quantitative estimate of drug-likeness (QED) is 0.106. The first-order valence-corrected chi connectivity index (χ1v) is 17.3. The van der Waals surface area contributed by atoms with Crippen molar-refractivity contribution in [1.82, 2.24) is 9.55 Å². The summed E-state index contributed by atoms with van der Waals surface area (Å²) in [7, 11) is 2.10. The summed E-state index contributed by atoms with van der Waals surface area (Å²) in [6, 6.07) is 59.1. The summed E-state index contributed by atoms with van der Waals surface area (Å²) >= 11 is 0. The average Bonchev–Trinajstić information content (AvgIpc) is 3.52. The lowest BCUT2D eigenvalue weighted by Gasteiger charge is -2.20. The molecule has 0 bridgehead atoms. The molecule has 0 radical (unpaired) electrons. The number of hydrogen-bond acceptors (Lipinski definition) is 1. The first kappa shape index (κ1) is 31.0. The molecule has 0 amide bonds. The molecule has 8 aromatic carbocycles. The highest BCUT2D eigenvalue weighted by Crippen LogP contribution is 2.47. The fourth-order valence-electron chi connectivity index (χ4n) is 7.32. The fourth-order valence-corrected chi connectivity index (χ4v) is 7.32. The molecule has 240 valence electrons. The second kappa shape index (κ2) is 13.3. The lowest BCUT2D eigenvalue weighted by Crippen LogP contribution is -1.93. The fraction of sp³-hybridized carbons (Fsp3) is 0.0625. The Morgan fingerprint density at radius 1 is 0.440 bits per heavy atom. The molecule has 0 fully saturated rings. The van der Waals surface area contributed by atoms with Crippen molar-refractivity contribution >= 4 is 43.4 Å². The molecule has 0 atom stereocenters. The molecule has 2 heteroatoms. The van der Waals surface area contributed by atoms with E-state index in [1.54, 1.807) is 0 Å². The molecule has 0 saturated heterocycles. The van der Waals surface area contributed by atoms with Gasteiger partial charge in [-0.1, -0.05) is 164 Å². The van der Waals surface area contributed by atoms with Gasteiger partial charge in [-0.3, -0.25) is 0 Å². The summed E-state index contributed by atoms with van der Waals surface area (Å²) in [5, 5.41) is 7.57. The van der Waals surface area contributed by atoms with Crippen molar-refractivity contribution in [3.8, 4) is 44.8 Å². The van der Waals surface area contributed by atoms with Crippen LogP contribution in [0.15, 0.2) is 176 Å². The molecular weight excluding hydrogens is 605 g/mol. The van der Waals surface area contributed by atoms with E-state index in [0.717, 1.165) is 22.4 Å². The van der Waals surface area contributed by atoms with Crippen LogP contribution in [0.5, 0.6) is 0 Å². The van der Waals surface area contributed by atoms with Crippen molar-refractivity contribution in [1.29, 1.82) is 0 Å². The van der Waals surface area contributed by atoms with Crippen LogP contribution in [-0.4, -0.2) is 9.55 Å². The van der Waals surface area contributed by atoms with Crippen LogP contribution in [0, 0.1) is 0 Å². The van der Waals surface area contributed by atoms with Crippen LogP contribution < -0.4 is 0 Å². The van der Waals surface area contributed by atoms with Gasteiger partial charge in [0.05, 0.1) is 11.0 Å². The zero-order chi connectivity index (χ0) is 34.0. The van der Waals surface area contributed by atoms with Crippen LogP contribution >= 0.6 is 0 Å². The number of benzene rings is 8. The van der Waals surface area contributed by atoms with Crippen molar-refractivity contribution in [2.45, 2.75) is 13.8 Å². The van der Waals surface area contributed by atoms with Crippen molar-refractivity contribution in [2.24, 2.45) is 7.05 Å². The highest BCUT2D eigenvalue weighted by Gasteiger charge is 2.20. The van der Waals surface area contributed by atoms with Crippen LogP contribution in [0.4, 0.5) is 0 Å². The Hall–Kier alpha value is -6.25. The van der Waals surface area contributed by atoms with E-state index in [1.165, 1.54) is 65.7 Å². The van der Waals surface area contributed by atoms with Gasteiger partial charge in [-0.25, -0.2) is 4.98 Å². The third kappa shape index (κ3) is 5.36. The Balaban J connectivity index is 0.000000859. The second-order valence-corrected chi connectivity index (χ2v) is 12.6. The van der Waals surface area contributed by atoms with Crippen molar-refractivity contribution in [3.63, 3.8) is 0 Å². The smallest absolute Gasteiger partial charge is 0.140 e. The van der Waals surface area contributed by atoms with E-state index < -0.39 is 0 Å². The number of aryl methyl sites for hydroxylation is 1. The van der Waals surface area contributed by atoms with Gasteiger partial charge >= 0.3 is 0 Å². The molecule has 1 heterocycles. The molecule has 0 aliphatic rings. The van der Waals surface area contributed by atoms with Gasteiger partial charge in [-0.05, 0) is 91.7 Å². The van der Waals surface area contributed by atoms with Crippen LogP contribution in [0.3, 0.4) is 0 Å². The van der Waals surface area contributed by atoms with E-state index in [1.807, 2.05) is 32.1 Å². The number of hydrogen-bond donors (Lipinski definition) is 0.